The standard InChI is InChI=1S/C18H22N2O3/c1-12(2)20(13(3)4)17(22)11-23-16-7-5-6-14-8-9-15(10-21)19-18(14)16/h5-10,12-13H,11H2,1-4H3. The van der Waals surface area contributed by atoms with Gasteiger partial charge in [0.2, 0.25) is 0 Å². The summed E-state index contributed by atoms with van der Waals surface area (Å²) >= 11 is 0. The predicted molar refractivity (Wildman–Crippen MR) is 89.7 cm³/mol. The summed E-state index contributed by atoms with van der Waals surface area (Å²) in [5.74, 6) is 0.436. The molecule has 2 aromatic rings. The van der Waals surface area contributed by atoms with Crippen LogP contribution in [0.2, 0.25) is 0 Å². The maximum atomic E-state index is 12.4. The number of benzene rings is 1. The van der Waals surface area contributed by atoms with Crippen molar-refractivity contribution in [2.45, 2.75) is 39.8 Å². The molecule has 0 atom stereocenters. The van der Waals surface area contributed by atoms with Crippen LogP contribution in [0.4, 0.5) is 0 Å². The van der Waals surface area contributed by atoms with E-state index in [9.17, 15) is 9.59 Å². The molecule has 0 bridgehead atoms. The van der Waals surface area contributed by atoms with Gasteiger partial charge in [0.1, 0.15) is 17.0 Å². The molecule has 1 aromatic heterocycles. The van der Waals surface area contributed by atoms with Crippen molar-refractivity contribution < 1.29 is 14.3 Å². The lowest BCUT2D eigenvalue weighted by atomic mass is 10.2. The minimum Gasteiger partial charge on any atom is -0.481 e. The summed E-state index contributed by atoms with van der Waals surface area (Å²) in [6.07, 6.45) is 0.695. The van der Waals surface area contributed by atoms with Crippen molar-refractivity contribution in [1.29, 1.82) is 0 Å². The summed E-state index contributed by atoms with van der Waals surface area (Å²) in [6.45, 7) is 7.87. The van der Waals surface area contributed by atoms with Crippen LogP contribution in [0.1, 0.15) is 38.2 Å². The number of para-hydroxylation sites is 1. The molecule has 0 aliphatic carbocycles. The lowest BCUT2D eigenvalue weighted by Crippen LogP contribution is -2.44. The molecule has 0 spiro atoms. The van der Waals surface area contributed by atoms with Crippen LogP contribution in [0, 0.1) is 0 Å². The number of amides is 1. The molecular formula is C18H22N2O3. The Hall–Kier alpha value is -2.43. The van der Waals surface area contributed by atoms with Crippen LogP contribution in [-0.2, 0) is 4.79 Å². The van der Waals surface area contributed by atoms with E-state index in [-0.39, 0.29) is 24.6 Å². The fourth-order valence-corrected chi connectivity index (χ4v) is 2.70. The first kappa shape index (κ1) is 16.9. The Labute approximate surface area is 136 Å². The first-order valence-electron chi connectivity index (χ1n) is 7.73. The minimum atomic E-state index is -0.0708. The Kier molecular flexibility index (Phi) is 5.32. The number of carbonyl (C=O) groups is 2. The Morgan fingerprint density at radius 3 is 2.48 bits per heavy atom. The number of pyridine rings is 1. The van der Waals surface area contributed by atoms with Crippen LogP contribution < -0.4 is 4.74 Å². The molecular weight excluding hydrogens is 292 g/mol. The van der Waals surface area contributed by atoms with Gasteiger partial charge in [0, 0.05) is 17.5 Å². The van der Waals surface area contributed by atoms with Gasteiger partial charge in [-0.3, -0.25) is 9.59 Å². The molecule has 0 saturated carbocycles. The zero-order valence-electron chi connectivity index (χ0n) is 13.9. The molecule has 5 nitrogen and oxygen atoms in total. The van der Waals surface area contributed by atoms with Gasteiger partial charge < -0.3 is 9.64 Å². The third-order valence-electron chi connectivity index (χ3n) is 3.58. The number of nitrogens with zero attached hydrogens (tertiary/aromatic N) is 2. The van der Waals surface area contributed by atoms with E-state index in [0.29, 0.717) is 23.2 Å². The lowest BCUT2D eigenvalue weighted by molar-refractivity contribution is -0.136. The summed E-state index contributed by atoms with van der Waals surface area (Å²) in [5.41, 5.74) is 0.927. The minimum absolute atomic E-state index is 0.0531. The second-order valence-electron chi connectivity index (χ2n) is 5.96. The van der Waals surface area contributed by atoms with Crippen LogP contribution >= 0.6 is 0 Å². The smallest absolute Gasteiger partial charge is 0.260 e. The number of hydrogen-bond donors (Lipinski definition) is 0. The molecule has 2 rings (SSSR count). The maximum absolute atomic E-state index is 12.4. The zero-order valence-corrected chi connectivity index (χ0v) is 13.9. The van der Waals surface area contributed by atoms with Crippen LogP contribution in [0.5, 0.6) is 5.75 Å². The molecule has 23 heavy (non-hydrogen) atoms. The first-order valence-corrected chi connectivity index (χ1v) is 7.73. The molecule has 0 fully saturated rings. The molecule has 0 saturated heterocycles. The normalized spacial score (nSPS) is 11.0. The van der Waals surface area contributed by atoms with Crippen LogP contribution in [-0.4, -0.2) is 40.8 Å². The molecule has 1 aromatic carbocycles. The van der Waals surface area contributed by atoms with Gasteiger partial charge in [-0.05, 0) is 39.8 Å². The first-order chi connectivity index (χ1) is 10.9. The number of ether oxygens (including phenoxy) is 1. The van der Waals surface area contributed by atoms with Gasteiger partial charge in [0.15, 0.2) is 12.9 Å². The van der Waals surface area contributed by atoms with Gasteiger partial charge in [-0.1, -0.05) is 18.2 Å². The molecule has 0 radical (unpaired) electrons. The van der Waals surface area contributed by atoms with Gasteiger partial charge >= 0.3 is 0 Å². The van der Waals surface area contributed by atoms with E-state index in [2.05, 4.69) is 4.98 Å². The second-order valence-corrected chi connectivity index (χ2v) is 5.96. The number of aromatic nitrogens is 1. The second kappa shape index (κ2) is 7.22. The lowest BCUT2D eigenvalue weighted by Gasteiger charge is -2.30. The summed E-state index contributed by atoms with van der Waals surface area (Å²) in [5, 5.41) is 0.866. The molecule has 1 heterocycles. The third kappa shape index (κ3) is 3.86. The highest BCUT2D eigenvalue weighted by atomic mass is 16.5. The number of fused-ring (bicyclic) bond motifs is 1. The largest absolute Gasteiger partial charge is 0.481 e. The fraction of sp³-hybridized carbons (Fsp3) is 0.389. The average Bonchev–Trinajstić information content (AvgIpc) is 2.51. The van der Waals surface area contributed by atoms with E-state index in [1.54, 1.807) is 17.0 Å². The molecule has 1 amide bonds. The van der Waals surface area contributed by atoms with Gasteiger partial charge in [-0.2, -0.15) is 0 Å². The Balaban J connectivity index is 2.22. The molecule has 0 N–H and O–H groups in total. The van der Waals surface area contributed by atoms with Crippen molar-refractivity contribution in [2.24, 2.45) is 0 Å². The van der Waals surface area contributed by atoms with Gasteiger partial charge in [-0.25, -0.2) is 4.98 Å². The molecule has 0 aliphatic rings. The highest BCUT2D eigenvalue weighted by Gasteiger charge is 2.20. The Morgan fingerprint density at radius 1 is 1.17 bits per heavy atom. The maximum Gasteiger partial charge on any atom is 0.260 e. The molecule has 5 heteroatoms. The van der Waals surface area contributed by atoms with E-state index in [0.717, 1.165) is 5.39 Å². The van der Waals surface area contributed by atoms with Gasteiger partial charge in [-0.15, -0.1) is 0 Å². The summed E-state index contributed by atoms with van der Waals surface area (Å²) in [4.78, 5) is 29.3. The molecule has 0 aliphatic heterocycles. The predicted octanol–water partition coefficient (Wildman–Crippen LogP) is 3.07. The van der Waals surface area contributed by atoms with Crippen molar-refractivity contribution >= 4 is 23.1 Å². The summed E-state index contributed by atoms with van der Waals surface area (Å²) in [6, 6.07) is 9.18. The zero-order chi connectivity index (χ0) is 17.0. The van der Waals surface area contributed by atoms with Gasteiger partial charge in [0.05, 0.1) is 0 Å². The number of carbonyl (C=O) groups excluding carboxylic acids is 2. The topological polar surface area (TPSA) is 59.5 Å². The Morgan fingerprint density at radius 2 is 1.87 bits per heavy atom. The van der Waals surface area contributed by atoms with E-state index < -0.39 is 0 Å². The highest BCUT2D eigenvalue weighted by molar-refractivity contribution is 5.88. The summed E-state index contributed by atoms with van der Waals surface area (Å²) < 4.78 is 5.69. The monoisotopic (exact) mass is 314 g/mol. The van der Waals surface area contributed by atoms with Crippen molar-refractivity contribution in [3.8, 4) is 5.75 Å². The van der Waals surface area contributed by atoms with E-state index in [1.165, 1.54) is 0 Å². The van der Waals surface area contributed by atoms with Crippen LogP contribution in [0.15, 0.2) is 30.3 Å². The van der Waals surface area contributed by atoms with Gasteiger partial charge in [0.25, 0.3) is 5.91 Å². The van der Waals surface area contributed by atoms with E-state index in [4.69, 9.17) is 4.74 Å². The highest BCUT2D eigenvalue weighted by Crippen LogP contribution is 2.24. The van der Waals surface area contributed by atoms with Crippen LogP contribution in [0.3, 0.4) is 0 Å². The Bertz CT molecular complexity index is 702. The van der Waals surface area contributed by atoms with Crippen molar-refractivity contribution in [2.75, 3.05) is 6.61 Å². The SMILES string of the molecule is CC(C)N(C(=O)COc1cccc2ccc(C=O)nc12)C(C)C. The number of hydrogen-bond acceptors (Lipinski definition) is 4. The van der Waals surface area contributed by atoms with Crippen molar-refractivity contribution in [3.05, 3.63) is 36.0 Å². The van der Waals surface area contributed by atoms with Crippen molar-refractivity contribution in [1.82, 2.24) is 9.88 Å². The number of aldehydes is 1. The van der Waals surface area contributed by atoms with E-state index >= 15 is 0 Å². The average molecular weight is 314 g/mol. The van der Waals surface area contributed by atoms with Crippen molar-refractivity contribution in [3.63, 3.8) is 0 Å². The third-order valence-corrected chi connectivity index (χ3v) is 3.58. The number of rotatable bonds is 6. The summed E-state index contributed by atoms with van der Waals surface area (Å²) in [7, 11) is 0. The van der Waals surface area contributed by atoms with Crippen LogP contribution in [0.25, 0.3) is 10.9 Å². The quantitative estimate of drug-likeness (QED) is 0.769. The fourth-order valence-electron chi connectivity index (χ4n) is 2.70. The molecule has 122 valence electrons. The van der Waals surface area contributed by atoms with E-state index in [1.807, 2.05) is 45.9 Å². The molecule has 0 unspecified atom stereocenters.